The predicted molar refractivity (Wildman–Crippen MR) is 107 cm³/mol. The van der Waals surface area contributed by atoms with Crippen LogP contribution in [0.15, 0.2) is 52.9 Å². The Morgan fingerprint density at radius 3 is 2.48 bits per heavy atom. The molecule has 3 aromatic rings. The van der Waals surface area contributed by atoms with Crippen molar-refractivity contribution in [3.8, 4) is 5.75 Å². The number of ether oxygens (including phenoxy) is 1. The van der Waals surface area contributed by atoms with E-state index in [1.54, 1.807) is 0 Å². The second-order valence-corrected chi connectivity index (χ2v) is 7.95. The number of thioether (sulfide) groups is 1. The van der Waals surface area contributed by atoms with Crippen molar-refractivity contribution < 1.29 is 31.9 Å². The van der Waals surface area contributed by atoms with Crippen molar-refractivity contribution >= 4 is 45.7 Å². The van der Waals surface area contributed by atoms with Gasteiger partial charge in [0.15, 0.2) is 4.34 Å². The summed E-state index contributed by atoms with van der Waals surface area (Å²) >= 11 is 2.08. The Bertz CT molecular complexity index is 1070. The summed E-state index contributed by atoms with van der Waals surface area (Å²) in [5, 5.41) is 12.8. The zero-order valence-corrected chi connectivity index (χ0v) is 16.9. The van der Waals surface area contributed by atoms with E-state index in [2.05, 4.69) is 25.6 Å². The monoisotopic (exact) mass is 472 g/mol. The number of nitrogens with one attached hydrogen (secondary N) is 2. The highest BCUT2D eigenvalue weighted by atomic mass is 32.2. The number of alkyl halides is 3. The molecule has 2 amide bonds. The number of halogens is 4. The molecule has 13 heteroatoms. The molecule has 2 aromatic carbocycles. The van der Waals surface area contributed by atoms with Gasteiger partial charge in [0.25, 0.3) is 5.91 Å². The topological polar surface area (TPSA) is 93.2 Å². The Morgan fingerprint density at radius 2 is 1.81 bits per heavy atom. The molecular formula is C18H12F4N4O3S2. The molecule has 3 rings (SSSR count). The van der Waals surface area contributed by atoms with Gasteiger partial charge in [-0.3, -0.25) is 14.9 Å². The van der Waals surface area contributed by atoms with Crippen molar-refractivity contribution in [2.45, 2.75) is 10.7 Å². The van der Waals surface area contributed by atoms with Gasteiger partial charge in [-0.2, -0.15) is 0 Å². The minimum atomic E-state index is -4.79. The maximum Gasteiger partial charge on any atom is 0.573 e. The second kappa shape index (κ2) is 9.75. The lowest BCUT2D eigenvalue weighted by Gasteiger charge is -2.09. The third-order valence-electron chi connectivity index (χ3n) is 3.41. The molecule has 0 atom stereocenters. The summed E-state index contributed by atoms with van der Waals surface area (Å²) in [5.41, 5.74) is 0.413. The van der Waals surface area contributed by atoms with Gasteiger partial charge in [0.2, 0.25) is 11.0 Å². The van der Waals surface area contributed by atoms with Crippen molar-refractivity contribution in [1.29, 1.82) is 0 Å². The molecule has 0 aliphatic heterocycles. The molecule has 1 aromatic heterocycles. The Kier molecular flexibility index (Phi) is 7.07. The molecule has 1 heterocycles. The van der Waals surface area contributed by atoms with Crippen molar-refractivity contribution in [3.63, 3.8) is 0 Å². The van der Waals surface area contributed by atoms with E-state index in [-0.39, 0.29) is 16.4 Å². The van der Waals surface area contributed by atoms with Gasteiger partial charge in [-0.25, -0.2) is 4.39 Å². The maximum atomic E-state index is 13.2. The van der Waals surface area contributed by atoms with Crippen molar-refractivity contribution in [2.24, 2.45) is 0 Å². The molecule has 0 radical (unpaired) electrons. The molecule has 31 heavy (non-hydrogen) atoms. The lowest BCUT2D eigenvalue weighted by molar-refractivity contribution is -0.274. The maximum absolute atomic E-state index is 13.2. The quantitative estimate of drug-likeness (QED) is 0.298. The highest BCUT2D eigenvalue weighted by Crippen LogP contribution is 2.27. The SMILES string of the molecule is O=C(CSc1nnc(NC(=O)c2cccc(F)c2)s1)Nc1ccc(OC(F)(F)F)cc1. The number of hydrogen-bond acceptors (Lipinski definition) is 7. The van der Waals surface area contributed by atoms with Gasteiger partial charge in [0, 0.05) is 11.3 Å². The first-order valence-electron chi connectivity index (χ1n) is 8.37. The highest BCUT2D eigenvalue weighted by molar-refractivity contribution is 8.01. The fourth-order valence-corrected chi connectivity index (χ4v) is 3.73. The predicted octanol–water partition coefficient (Wildman–Crippen LogP) is 4.56. The van der Waals surface area contributed by atoms with Crippen molar-refractivity contribution in [1.82, 2.24) is 10.2 Å². The fourth-order valence-electron chi connectivity index (χ4n) is 2.18. The summed E-state index contributed by atoms with van der Waals surface area (Å²) in [5.74, 6) is -1.97. The van der Waals surface area contributed by atoms with Crippen LogP contribution < -0.4 is 15.4 Å². The number of carbonyl (C=O) groups is 2. The van der Waals surface area contributed by atoms with E-state index in [1.165, 1.54) is 30.3 Å². The zero-order chi connectivity index (χ0) is 22.4. The van der Waals surface area contributed by atoms with Gasteiger partial charge in [0.05, 0.1) is 5.75 Å². The number of amides is 2. The zero-order valence-electron chi connectivity index (χ0n) is 15.3. The molecule has 2 N–H and O–H groups in total. The molecule has 0 saturated carbocycles. The number of carbonyl (C=O) groups excluding carboxylic acids is 2. The third-order valence-corrected chi connectivity index (χ3v) is 5.38. The summed E-state index contributed by atoms with van der Waals surface area (Å²) < 4.78 is 53.8. The normalized spacial score (nSPS) is 11.1. The van der Waals surface area contributed by atoms with Crippen molar-refractivity contribution in [3.05, 3.63) is 59.9 Å². The standard InChI is InChI=1S/C18H12F4N4O3S2/c19-11-3-1-2-10(8-11)15(28)24-16-25-26-17(31-16)30-9-14(27)23-12-4-6-13(7-5-12)29-18(20,21)22/h1-8H,9H2,(H,23,27)(H,24,25,28). The van der Waals surface area contributed by atoms with E-state index < -0.39 is 29.7 Å². The smallest absolute Gasteiger partial charge is 0.406 e. The Hall–Kier alpha value is -3.19. The lowest BCUT2D eigenvalue weighted by Crippen LogP contribution is -2.17. The molecule has 0 unspecified atom stereocenters. The third kappa shape index (κ3) is 7.22. The first-order chi connectivity index (χ1) is 14.7. The van der Waals surface area contributed by atoms with Crippen LogP contribution in [0, 0.1) is 5.82 Å². The summed E-state index contributed by atoms with van der Waals surface area (Å²) in [7, 11) is 0. The van der Waals surface area contributed by atoms with Crippen LogP contribution in [0.5, 0.6) is 5.75 Å². The Labute approximate surface area is 180 Å². The average Bonchev–Trinajstić information content (AvgIpc) is 3.14. The van der Waals surface area contributed by atoms with Crippen LogP contribution in [0.4, 0.5) is 28.4 Å². The summed E-state index contributed by atoms with van der Waals surface area (Å²) in [6.07, 6.45) is -4.79. The summed E-state index contributed by atoms with van der Waals surface area (Å²) in [6.45, 7) is 0. The van der Waals surface area contributed by atoms with Crippen LogP contribution in [0.3, 0.4) is 0 Å². The summed E-state index contributed by atoms with van der Waals surface area (Å²) in [4.78, 5) is 24.1. The molecule has 0 aliphatic carbocycles. The van der Waals surface area contributed by atoms with Crippen LogP contribution in [0.2, 0.25) is 0 Å². The molecule has 162 valence electrons. The number of nitrogens with zero attached hydrogens (tertiary/aromatic N) is 2. The molecule has 0 aliphatic rings. The number of aromatic nitrogens is 2. The summed E-state index contributed by atoms with van der Waals surface area (Å²) in [6, 6.07) is 9.85. The molecule has 7 nitrogen and oxygen atoms in total. The largest absolute Gasteiger partial charge is 0.573 e. The molecule has 0 fully saturated rings. The molecule has 0 spiro atoms. The highest BCUT2D eigenvalue weighted by Gasteiger charge is 2.30. The average molecular weight is 472 g/mol. The number of hydrogen-bond donors (Lipinski definition) is 2. The minimum absolute atomic E-state index is 0.0483. The molecular weight excluding hydrogens is 460 g/mol. The van der Waals surface area contributed by atoms with E-state index in [0.717, 1.165) is 41.3 Å². The van der Waals surface area contributed by atoms with Crippen LogP contribution in [-0.2, 0) is 4.79 Å². The lowest BCUT2D eigenvalue weighted by atomic mass is 10.2. The van der Waals surface area contributed by atoms with Gasteiger partial charge in [0.1, 0.15) is 11.6 Å². The van der Waals surface area contributed by atoms with Crippen LogP contribution >= 0.6 is 23.1 Å². The number of rotatable bonds is 7. The van der Waals surface area contributed by atoms with Crippen LogP contribution in [-0.4, -0.2) is 34.1 Å². The molecule has 0 bridgehead atoms. The second-order valence-electron chi connectivity index (χ2n) is 5.75. The van der Waals surface area contributed by atoms with Crippen LogP contribution in [0.25, 0.3) is 0 Å². The van der Waals surface area contributed by atoms with Gasteiger partial charge in [-0.1, -0.05) is 29.2 Å². The van der Waals surface area contributed by atoms with Gasteiger partial charge >= 0.3 is 6.36 Å². The number of benzene rings is 2. The van der Waals surface area contributed by atoms with Gasteiger partial charge in [-0.05, 0) is 42.5 Å². The molecule has 0 saturated heterocycles. The van der Waals surface area contributed by atoms with E-state index in [0.29, 0.717) is 10.0 Å². The Balaban J connectivity index is 1.47. The number of anilines is 2. The van der Waals surface area contributed by atoms with Gasteiger partial charge < -0.3 is 10.1 Å². The van der Waals surface area contributed by atoms with E-state index in [4.69, 9.17) is 0 Å². The van der Waals surface area contributed by atoms with E-state index >= 15 is 0 Å². The van der Waals surface area contributed by atoms with Gasteiger partial charge in [-0.15, -0.1) is 23.4 Å². The first kappa shape index (κ1) is 22.5. The fraction of sp³-hybridized carbons (Fsp3) is 0.111. The van der Waals surface area contributed by atoms with Crippen LogP contribution in [0.1, 0.15) is 10.4 Å². The first-order valence-corrected chi connectivity index (χ1v) is 10.2. The van der Waals surface area contributed by atoms with Crippen molar-refractivity contribution in [2.75, 3.05) is 16.4 Å². The minimum Gasteiger partial charge on any atom is -0.406 e. The van der Waals surface area contributed by atoms with E-state index in [1.807, 2.05) is 0 Å². The van der Waals surface area contributed by atoms with E-state index in [9.17, 15) is 27.2 Å². The Morgan fingerprint density at radius 1 is 1.06 bits per heavy atom.